The van der Waals surface area contributed by atoms with Crippen LogP contribution in [0.1, 0.15) is 43.1 Å². The minimum absolute atomic E-state index is 0.0577. The molecule has 1 N–H and O–H groups in total. The van der Waals surface area contributed by atoms with Crippen LogP contribution >= 0.6 is 0 Å². The summed E-state index contributed by atoms with van der Waals surface area (Å²) in [4.78, 5) is 14.1. The summed E-state index contributed by atoms with van der Waals surface area (Å²) in [7, 11) is 0. The summed E-state index contributed by atoms with van der Waals surface area (Å²) < 4.78 is 0. The lowest BCUT2D eigenvalue weighted by atomic mass is 10.1. The molecule has 0 spiro atoms. The Morgan fingerprint density at radius 2 is 2.06 bits per heavy atom. The van der Waals surface area contributed by atoms with Gasteiger partial charge in [-0.25, -0.2) is 0 Å². The first-order valence-electron chi connectivity index (χ1n) is 6.11. The van der Waals surface area contributed by atoms with E-state index in [9.17, 15) is 9.90 Å². The first-order chi connectivity index (χ1) is 8.01. The molecule has 17 heavy (non-hydrogen) atoms. The number of hydrogen-bond donors (Lipinski definition) is 1. The summed E-state index contributed by atoms with van der Waals surface area (Å²) in [5.74, 6) is -0.0367. The maximum atomic E-state index is 12.3. The largest absolute Gasteiger partial charge is 0.507 e. The van der Waals surface area contributed by atoms with Gasteiger partial charge in [-0.2, -0.15) is 0 Å². The maximum absolute atomic E-state index is 12.3. The topological polar surface area (TPSA) is 40.5 Å². The van der Waals surface area contributed by atoms with Crippen LogP contribution in [0.2, 0.25) is 0 Å². The van der Waals surface area contributed by atoms with Gasteiger partial charge in [0, 0.05) is 12.6 Å². The predicted octanol–water partition coefficient (Wildman–Crippen LogP) is 2.96. The van der Waals surface area contributed by atoms with Crippen LogP contribution in [0.15, 0.2) is 18.2 Å². The maximum Gasteiger partial charge on any atom is 0.257 e. The van der Waals surface area contributed by atoms with Crippen LogP contribution in [0, 0.1) is 6.92 Å². The molecule has 0 aliphatic rings. The molecular weight excluding hydrogens is 214 g/mol. The molecular formula is C14H21NO2. The zero-order valence-corrected chi connectivity index (χ0v) is 11.0. The highest BCUT2D eigenvalue weighted by atomic mass is 16.3. The van der Waals surface area contributed by atoms with Crippen molar-refractivity contribution in [3.63, 3.8) is 0 Å². The Morgan fingerprint density at radius 1 is 1.41 bits per heavy atom. The van der Waals surface area contributed by atoms with Gasteiger partial charge in [-0.15, -0.1) is 0 Å². The van der Waals surface area contributed by atoms with E-state index in [1.54, 1.807) is 23.1 Å². The van der Waals surface area contributed by atoms with Crippen molar-refractivity contribution in [2.75, 3.05) is 6.54 Å². The molecule has 1 rings (SSSR count). The van der Waals surface area contributed by atoms with Crippen molar-refractivity contribution in [2.24, 2.45) is 0 Å². The molecule has 94 valence electrons. The van der Waals surface area contributed by atoms with Crippen LogP contribution in [0.3, 0.4) is 0 Å². The van der Waals surface area contributed by atoms with Gasteiger partial charge in [0.1, 0.15) is 5.75 Å². The molecule has 1 atom stereocenters. The number of aryl methyl sites for hydroxylation is 1. The quantitative estimate of drug-likeness (QED) is 0.871. The van der Waals surface area contributed by atoms with Gasteiger partial charge in [0.2, 0.25) is 0 Å². The summed E-state index contributed by atoms with van der Waals surface area (Å²) >= 11 is 0. The van der Waals surface area contributed by atoms with Crippen LogP contribution < -0.4 is 0 Å². The fraction of sp³-hybridized carbons (Fsp3) is 0.500. The standard InChI is InChI=1S/C14H21NO2/c1-5-11(4)15(6-2)14(17)12-9-10(3)7-8-13(12)16/h7-9,11,16H,5-6H2,1-4H3. The average Bonchev–Trinajstić information content (AvgIpc) is 2.32. The van der Waals surface area contributed by atoms with E-state index < -0.39 is 0 Å². The number of benzene rings is 1. The number of nitrogens with zero attached hydrogens (tertiary/aromatic N) is 1. The molecule has 1 aromatic rings. The number of rotatable bonds is 4. The lowest BCUT2D eigenvalue weighted by molar-refractivity contribution is 0.0697. The van der Waals surface area contributed by atoms with E-state index in [1.807, 2.05) is 20.8 Å². The molecule has 0 radical (unpaired) electrons. The van der Waals surface area contributed by atoms with Gasteiger partial charge < -0.3 is 10.0 Å². The number of amides is 1. The third-order valence-corrected chi connectivity index (χ3v) is 3.11. The van der Waals surface area contributed by atoms with Crippen LogP contribution in [0.4, 0.5) is 0 Å². The SMILES string of the molecule is CCC(C)N(CC)C(=O)c1cc(C)ccc1O. The van der Waals surface area contributed by atoms with E-state index in [0.29, 0.717) is 12.1 Å². The predicted molar refractivity (Wildman–Crippen MR) is 69.3 cm³/mol. The Kier molecular flexibility index (Phi) is 4.55. The van der Waals surface area contributed by atoms with E-state index in [0.717, 1.165) is 12.0 Å². The van der Waals surface area contributed by atoms with Gasteiger partial charge >= 0.3 is 0 Å². The monoisotopic (exact) mass is 235 g/mol. The fourth-order valence-electron chi connectivity index (χ4n) is 1.85. The second-order valence-corrected chi connectivity index (χ2v) is 4.37. The Morgan fingerprint density at radius 3 is 2.59 bits per heavy atom. The van der Waals surface area contributed by atoms with Gasteiger partial charge in [0.15, 0.2) is 0 Å². The molecule has 1 aromatic carbocycles. The zero-order chi connectivity index (χ0) is 13.0. The summed E-state index contributed by atoms with van der Waals surface area (Å²) in [5, 5.41) is 9.76. The minimum Gasteiger partial charge on any atom is -0.507 e. The number of phenols is 1. The van der Waals surface area contributed by atoms with Crippen molar-refractivity contribution in [1.29, 1.82) is 0 Å². The third kappa shape index (κ3) is 2.99. The van der Waals surface area contributed by atoms with E-state index in [2.05, 4.69) is 6.92 Å². The molecule has 1 amide bonds. The van der Waals surface area contributed by atoms with Crippen molar-refractivity contribution in [3.05, 3.63) is 29.3 Å². The Hall–Kier alpha value is -1.51. The summed E-state index contributed by atoms with van der Waals surface area (Å²) in [6, 6.07) is 5.30. The van der Waals surface area contributed by atoms with Crippen LogP contribution in [0.25, 0.3) is 0 Å². The van der Waals surface area contributed by atoms with Crippen LogP contribution in [-0.4, -0.2) is 28.5 Å². The van der Waals surface area contributed by atoms with E-state index in [1.165, 1.54) is 0 Å². The molecule has 0 aliphatic heterocycles. The lowest BCUT2D eigenvalue weighted by Gasteiger charge is -2.27. The summed E-state index contributed by atoms with van der Waals surface area (Å²) in [5.41, 5.74) is 1.37. The first-order valence-corrected chi connectivity index (χ1v) is 6.11. The van der Waals surface area contributed by atoms with Gasteiger partial charge in [-0.3, -0.25) is 4.79 Å². The number of carbonyl (C=O) groups excluding carboxylic acids is 1. The molecule has 3 heteroatoms. The molecule has 3 nitrogen and oxygen atoms in total. The smallest absolute Gasteiger partial charge is 0.257 e. The van der Waals surface area contributed by atoms with Gasteiger partial charge in [-0.05, 0) is 39.3 Å². The molecule has 0 bridgehead atoms. The molecule has 0 heterocycles. The number of carbonyl (C=O) groups is 1. The molecule has 0 saturated carbocycles. The van der Waals surface area contributed by atoms with Gasteiger partial charge in [-0.1, -0.05) is 18.6 Å². The van der Waals surface area contributed by atoms with Gasteiger partial charge in [0.25, 0.3) is 5.91 Å². The zero-order valence-electron chi connectivity index (χ0n) is 11.0. The highest BCUT2D eigenvalue weighted by Crippen LogP contribution is 2.21. The van der Waals surface area contributed by atoms with E-state index >= 15 is 0 Å². The molecule has 0 fully saturated rings. The molecule has 0 aliphatic carbocycles. The highest BCUT2D eigenvalue weighted by Gasteiger charge is 2.21. The number of phenolic OH excluding ortho intramolecular Hbond substituents is 1. The van der Waals surface area contributed by atoms with Crippen LogP contribution in [-0.2, 0) is 0 Å². The molecule has 0 saturated heterocycles. The summed E-state index contributed by atoms with van der Waals surface area (Å²) in [6.45, 7) is 8.60. The van der Waals surface area contributed by atoms with Crippen molar-refractivity contribution in [3.8, 4) is 5.75 Å². The third-order valence-electron chi connectivity index (χ3n) is 3.11. The fourth-order valence-corrected chi connectivity index (χ4v) is 1.85. The summed E-state index contributed by atoms with van der Waals surface area (Å²) in [6.07, 6.45) is 0.909. The Balaban J connectivity index is 3.05. The Bertz CT molecular complexity index is 401. The highest BCUT2D eigenvalue weighted by molar-refractivity contribution is 5.97. The number of aromatic hydroxyl groups is 1. The van der Waals surface area contributed by atoms with E-state index in [-0.39, 0.29) is 17.7 Å². The first kappa shape index (κ1) is 13.6. The van der Waals surface area contributed by atoms with Crippen molar-refractivity contribution < 1.29 is 9.90 Å². The average molecular weight is 235 g/mol. The molecule has 0 aromatic heterocycles. The lowest BCUT2D eigenvalue weighted by Crippen LogP contribution is -2.38. The normalized spacial score (nSPS) is 12.2. The van der Waals surface area contributed by atoms with Crippen molar-refractivity contribution in [1.82, 2.24) is 4.90 Å². The second-order valence-electron chi connectivity index (χ2n) is 4.37. The van der Waals surface area contributed by atoms with Crippen molar-refractivity contribution >= 4 is 5.91 Å². The van der Waals surface area contributed by atoms with Crippen molar-refractivity contribution in [2.45, 2.75) is 40.2 Å². The number of hydrogen-bond acceptors (Lipinski definition) is 2. The second kappa shape index (κ2) is 5.71. The van der Waals surface area contributed by atoms with Crippen LogP contribution in [0.5, 0.6) is 5.75 Å². The minimum atomic E-state index is -0.0944. The molecule has 1 unspecified atom stereocenters. The van der Waals surface area contributed by atoms with Gasteiger partial charge in [0.05, 0.1) is 5.56 Å². The van der Waals surface area contributed by atoms with E-state index in [4.69, 9.17) is 0 Å². The Labute approximate surface area is 103 Å².